The van der Waals surface area contributed by atoms with Crippen LogP contribution in [0.25, 0.3) is 17.3 Å². The van der Waals surface area contributed by atoms with Crippen LogP contribution in [0.4, 0.5) is 0 Å². The standard InChI is InChI=1S/C21H17ClN2O3/c1-25-17-8-4-15(5-9-17)21-13-19(27-24-21)11-10-18-12-20(23-26-18)14-2-6-16(22)7-3-14/h2-11,13,18H,12H2,1H3/b11-10+. The highest BCUT2D eigenvalue weighted by Gasteiger charge is 2.20. The highest BCUT2D eigenvalue weighted by molar-refractivity contribution is 6.30. The molecule has 1 aliphatic rings. The molecule has 1 atom stereocenters. The van der Waals surface area contributed by atoms with Crippen LogP contribution in [-0.4, -0.2) is 24.1 Å². The minimum Gasteiger partial charge on any atom is -0.497 e. The van der Waals surface area contributed by atoms with Gasteiger partial charge in [-0.3, -0.25) is 0 Å². The van der Waals surface area contributed by atoms with Crippen molar-refractivity contribution < 1.29 is 14.1 Å². The summed E-state index contributed by atoms with van der Waals surface area (Å²) in [5.74, 6) is 1.46. The van der Waals surface area contributed by atoms with Gasteiger partial charge in [0.15, 0.2) is 11.9 Å². The van der Waals surface area contributed by atoms with Gasteiger partial charge in [-0.25, -0.2) is 0 Å². The summed E-state index contributed by atoms with van der Waals surface area (Å²) in [5.41, 5.74) is 3.64. The van der Waals surface area contributed by atoms with Crippen LogP contribution in [0.2, 0.25) is 5.02 Å². The van der Waals surface area contributed by atoms with E-state index in [0.29, 0.717) is 17.2 Å². The molecule has 136 valence electrons. The van der Waals surface area contributed by atoms with Crippen molar-refractivity contribution in [1.82, 2.24) is 5.16 Å². The molecule has 2 aromatic carbocycles. The van der Waals surface area contributed by atoms with Crippen molar-refractivity contribution in [3.05, 3.63) is 77.0 Å². The third kappa shape index (κ3) is 4.04. The second-order valence-electron chi connectivity index (χ2n) is 6.09. The maximum atomic E-state index is 5.92. The second kappa shape index (κ2) is 7.68. The summed E-state index contributed by atoms with van der Waals surface area (Å²) in [6, 6.07) is 17.1. The Morgan fingerprint density at radius 3 is 2.56 bits per heavy atom. The molecular weight excluding hydrogens is 364 g/mol. The summed E-state index contributed by atoms with van der Waals surface area (Å²) in [4.78, 5) is 5.48. The lowest BCUT2D eigenvalue weighted by Crippen LogP contribution is -2.04. The molecule has 1 aromatic heterocycles. The van der Waals surface area contributed by atoms with E-state index < -0.39 is 0 Å². The highest BCUT2D eigenvalue weighted by Crippen LogP contribution is 2.24. The zero-order chi connectivity index (χ0) is 18.6. The Morgan fingerprint density at radius 2 is 1.81 bits per heavy atom. The van der Waals surface area contributed by atoms with E-state index in [2.05, 4.69) is 10.3 Å². The van der Waals surface area contributed by atoms with Gasteiger partial charge in [-0.05, 0) is 54.1 Å². The van der Waals surface area contributed by atoms with E-state index in [-0.39, 0.29) is 6.10 Å². The average molecular weight is 381 g/mol. The van der Waals surface area contributed by atoms with Crippen molar-refractivity contribution in [3.63, 3.8) is 0 Å². The molecule has 0 spiro atoms. The number of hydrogen-bond donors (Lipinski definition) is 0. The van der Waals surface area contributed by atoms with Crippen LogP contribution in [0.1, 0.15) is 17.7 Å². The first-order valence-electron chi connectivity index (χ1n) is 8.49. The first-order chi connectivity index (χ1) is 13.2. The van der Waals surface area contributed by atoms with Crippen LogP contribution in [0.5, 0.6) is 5.75 Å². The highest BCUT2D eigenvalue weighted by atomic mass is 35.5. The van der Waals surface area contributed by atoms with E-state index in [1.165, 1.54) is 0 Å². The molecule has 6 heteroatoms. The molecule has 0 saturated heterocycles. The molecule has 0 amide bonds. The molecular formula is C21H17ClN2O3. The Balaban J connectivity index is 1.39. The van der Waals surface area contributed by atoms with Crippen molar-refractivity contribution >= 4 is 23.4 Å². The number of hydrogen-bond acceptors (Lipinski definition) is 5. The number of oxime groups is 1. The van der Waals surface area contributed by atoms with Crippen LogP contribution in [0.15, 0.2) is 70.4 Å². The van der Waals surface area contributed by atoms with Gasteiger partial charge < -0.3 is 14.1 Å². The van der Waals surface area contributed by atoms with Crippen molar-refractivity contribution in [3.8, 4) is 17.0 Å². The molecule has 0 radical (unpaired) electrons. The number of rotatable bonds is 5. The largest absolute Gasteiger partial charge is 0.497 e. The van der Waals surface area contributed by atoms with Crippen LogP contribution >= 0.6 is 11.6 Å². The predicted octanol–water partition coefficient (Wildman–Crippen LogP) is 5.21. The number of benzene rings is 2. The monoisotopic (exact) mass is 380 g/mol. The fraction of sp³-hybridized carbons (Fsp3) is 0.143. The van der Waals surface area contributed by atoms with Crippen molar-refractivity contribution in [2.45, 2.75) is 12.5 Å². The Kier molecular flexibility index (Phi) is 4.94. The van der Waals surface area contributed by atoms with Crippen LogP contribution in [0.3, 0.4) is 0 Å². The molecule has 5 nitrogen and oxygen atoms in total. The minimum atomic E-state index is -0.134. The Labute approximate surface area is 161 Å². The van der Waals surface area contributed by atoms with Gasteiger partial charge in [0.25, 0.3) is 0 Å². The molecule has 1 aliphatic heterocycles. The minimum absolute atomic E-state index is 0.134. The normalized spacial score (nSPS) is 16.4. The molecule has 0 aliphatic carbocycles. The summed E-state index contributed by atoms with van der Waals surface area (Å²) in [5, 5.41) is 8.97. The lowest BCUT2D eigenvalue weighted by molar-refractivity contribution is 0.120. The van der Waals surface area contributed by atoms with E-state index in [0.717, 1.165) is 28.3 Å². The number of methoxy groups -OCH3 is 1. The van der Waals surface area contributed by atoms with Gasteiger partial charge in [0.05, 0.1) is 12.8 Å². The van der Waals surface area contributed by atoms with Gasteiger partial charge in [-0.2, -0.15) is 0 Å². The molecule has 0 fully saturated rings. The summed E-state index contributed by atoms with van der Waals surface area (Å²) in [7, 11) is 1.64. The zero-order valence-corrected chi connectivity index (χ0v) is 15.4. The number of aromatic nitrogens is 1. The van der Waals surface area contributed by atoms with Crippen molar-refractivity contribution in [2.24, 2.45) is 5.16 Å². The van der Waals surface area contributed by atoms with Gasteiger partial charge in [0, 0.05) is 23.1 Å². The van der Waals surface area contributed by atoms with Crippen LogP contribution in [0, 0.1) is 0 Å². The quantitative estimate of drug-likeness (QED) is 0.609. The molecule has 0 N–H and O–H groups in total. The second-order valence-corrected chi connectivity index (χ2v) is 6.53. The molecule has 0 saturated carbocycles. The zero-order valence-electron chi connectivity index (χ0n) is 14.6. The first kappa shape index (κ1) is 17.4. The molecule has 27 heavy (non-hydrogen) atoms. The summed E-state index contributed by atoms with van der Waals surface area (Å²) in [6.45, 7) is 0. The predicted molar refractivity (Wildman–Crippen MR) is 105 cm³/mol. The Hall–Kier alpha value is -3.05. The van der Waals surface area contributed by atoms with Crippen molar-refractivity contribution in [1.29, 1.82) is 0 Å². The van der Waals surface area contributed by atoms with Crippen molar-refractivity contribution in [2.75, 3.05) is 7.11 Å². The van der Waals surface area contributed by atoms with Gasteiger partial charge in [-0.1, -0.05) is 34.0 Å². The molecule has 3 aromatic rings. The fourth-order valence-electron chi connectivity index (χ4n) is 2.78. The average Bonchev–Trinajstić information content (AvgIpc) is 3.37. The smallest absolute Gasteiger partial charge is 0.160 e. The SMILES string of the molecule is COc1ccc(-c2cc(/C=C/C3CC(c4ccc(Cl)cc4)=NO3)on2)cc1. The van der Waals surface area contributed by atoms with Crippen LogP contribution < -0.4 is 4.74 Å². The number of ether oxygens (including phenoxy) is 1. The van der Waals surface area contributed by atoms with Gasteiger partial charge >= 0.3 is 0 Å². The van der Waals surface area contributed by atoms with E-state index in [9.17, 15) is 0 Å². The van der Waals surface area contributed by atoms with E-state index in [4.69, 9.17) is 25.7 Å². The maximum Gasteiger partial charge on any atom is 0.160 e. The van der Waals surface area contributed by atoms with Gasteiger partial charge in [0.1, 0.15) is 11.4 Å². The Bertz CT molecular complexity index is 975. The number of nitrogens with zero attached hydrogens (tertiary/aromatic N) is 2. The van der Waals surface area contributed by atoms with E-state index in [1.54, 1.807) is 7.11 Å². The molecule has 0 bridgehead atoms. The molecule has 2 heterocycles. The topological polar surface area (TPSA) is 56.9 Å². The lowest BCUT2D eigenvalue weighted by Gasteiger charge is -2.00. The van der Waals surface area contributed by atoms with Gasteiger partial charge in [-0.15, -0.1) is 0 Å². The van der Waals surface area contributed by atoms with Crippen LogP contribution in [-0.2, 0) is 4.84 Å². The number of halogens is 1. The third-order valence-corrected chi connectivity index (χ3v) is 4.51. The first-order valence-corrected chi connectivity index (χ1v) is 8.87. The fourth-order valence-corrected chi connectivity index (χ4v) is 2.91. The van der Waals surface area contributed by atoms with E-state index >= 15 is 0 Å². The Morgan fingerprint density at radius 1 is 1.07 bits per heavy atom. The molecule has 4 rings (SSSR count). The van der Waals surface area contributed by atoms with E-state index in [1.807, 2.05) is 66.7 Å². The maximum absolute atomic E-state index is 5.92. The van der Waals surface area contributed by atoms with Gasteiger partial charge in [0.2, 0.25) is 0 Å². The third-order valence-electron chi connectivity index (χ3n) is 4.26. The lowest BCUT2D eigenvalue weighted by atomic mass is 10.0. The summed E-state index contributed by atoms with van der Waals surface area (Å²) >= 11 is 5.92. The summed E-state index contributed by atoms with van der Waals surface area (Å²) < 4.78 is 10.6. The molecule has 1 unspecified atom stereocenters. The summed E-state index contributed by atoms with van der Waals surface area (Å²) in [6.07, 6.45) is 4.33.